The van der Waals surface area contributed by atoms with Gasteiger partial charge in [0.2, 0.25) is 0 Å². The van der Waals surface area contributed by atoms with Gasteiger partial charge in [-0.05, 0) is 103 Å². The van der Waals surface area contributed by atoms with Crippen LogP contribution in [0, 0.1) is 28.8 Å². The molecule has 1 unspecified atom stereocenters. The van der Waals surface area contributed by atoms with Gasteiger partial charge in [-0.2, -0.15) is 9.97 Å². The molecule has 4 heterocycles. The highest BCUT2D eigenvalue weighted by Gasteiger charge is 2.49. The Hall–Kier alpha value is -3.63. The van der Waals surface area contributed by atoms with Crippen molar-refractivity contribution in [2.24, 2.45) is 11.3 Å². The average molecular weight is 659 g/mol. The molecule has 3 aliphatic heterocycles. The molecule has 5 aliphatic rings. The summed E-state index contributed by atoms with van der Waals surface area (Å²) in [5.41, 5.74) is -0.257. The number of fused-ring (bicyclic) bond motifs is 4. The summed E-state index contributed by atoms with van der Waals surface area (Å²) in [5.74, 6) is -1.12. The van der Waals surface area contributed by atoms with Gasteiger partial charge in [0.15, 0.2) is 5.82 Å². The van der Waals surface area contributed by atoms with E-state index in [0.29, 0.717) is 60.9 Å². The summed E-state index contributed by atoms with van der Waals surface area (Å²) in [6.07, 6.45) is 9.09. The van der Waals surface area contributed by atoms with Crippen LogP contribution in [0.3, 0.4) is 0 Å². The number of piperidine rings is 2. The van der Waals surface area contributed by atoms with Crippen molar-refractivity contribution in [1.82, 2.24) is 14.9 Å². The molecule has 5 fully saturated rings. The lowest BCUT2D eigenvalue weighted by atomic mass is 9.85. The van der Waals surface area contributed by atoms with Crippen molar-refractivity contribution in [2.45, 2.75) is 76.4 Å². The summed E-state index contributed by atoms with van der Waals surface area (Å²) in [5, 5.41) is 11.7. The van der Waals surface area contributed by atoms with Gasteiger partial charge in [-0.3, -0.25) is 4.90 Å². The summed E-state index contributed by atoms with van der Waals surface area (Å²) in [4.78, 5) is 14.1. The molecule has 2 saturated carbocycles. The van der Waals surface area contributed by atoms with Gasteiger partial charge in [-0.1, -0.05) is 13.0 Å². The number of hydrogen-bond acceptors (Lipinski definition) is 7. The SMILES string of the molecule is CCc1c(F)ccc2cc(O)cc(-c3c(F)cc4c(N5CCCC6(CCO6)C5)nc(OCC5(CN6C[C@@H]7CC[C@H]6C7)CC5)nc4c3F)c12. The van der Waals surface area contributed by atoms with Crippen LogP contribution in [0.1, 0.15) is 63.9 Å². The van der Waals surface area contributed by atoms with Crippen molar-refractivity contribution < 1.29 is 27.8 Å². The van der Waals surface area contributed by atoms with E-state index in [1.807, 2.05) is 0 Å². The molecular formula is C38H41F3N4O3. The third kappa shape index (κ3) is 5.00. The Labute approximate surface area is 278 Å². The van der Waals surface area contributed by atoms with E-state index in [1.54, 1.807) is 6.92 Å². The maximum absolute atomic E-state index is 17.0. The first-order chi connectivity index (χ1) is 23.2. The number of aromatic hydroxyl groups is 1. The summed E-state index contributed by atoms with van der Waals surface area (Å²) in [6.45, 7) is 6.33. The zero-order valence-corrected chi connectivity index (χ0v) is 27.3. The molecule has 3 aromatic carbocycles. The van der Waals surface area contributed by atoms with Crippen LogP contribution in [0.5, 0.6) is 11.8 Å². The van der Waals surface area contributed by atoms with Crippen LogP contribution in [0.15, 0.2) is 30.3 Å². The molecule has 252 valence electrons. The Morgan fingerprint density at radius 2 is 1.90 bits per heavy atom. The van der Waals surface area contributed by atoms with E-state index in [2.05, 4.69) is 14.8 Å². The fourth-order valence-corrected chi connectivity index (χ4v) is 9.14. The van der Waals surface area contributed by atoms with Crippen molar-refractivity contribution in [3.8, 4) is 22.9 Å². The quantitative estimate of drug-likeness (QED) is 0.210. The Morgan fingerprint density at radius 3 is 2.60 bits per heavy atom. The third-order valence-corrected chi connectivity index (χ3v) is 11.9. The lowest BCUT2D eigenvalue weighted by Crippen LogP contribution is -2.56. The van der Waals surface area contributed by atoms with Gasteiger partial charge in [-0.25, -0.2) is 13.2 Å². The number of phenols is 1. The summed E-state index contributed by atoms with van der Waals surface area (Å²) in [6, 6.07) is 7.65. The Morgan fingerprint density at radius 1 is 1.04 bits per heavy atom. The van der Waals surface area contributed by atoms with E-state index in [1.165, 1.54) is 49.6 Å². The van der Waals surface area contributed by atoms with Crippen LogP contribution < -0.4 is 9.64 Å². The highest BCUT2D eigenvalue weighted by atomic mass is 19.1. The maximum Gasteiger partial charge on any atom is 0.319 e. The van der Waals surface area contributed by atoms with E-state index in [9.17, 15) is 5.11 Å². The molecular weight excluding hydrogens is 617 g/mol. The minimum Gasteiger partial charge on any atom is -0.508 e. The van der Waals surface area contributed by atoms with Crippen LogP contribution in [-0.4, -0.2) is 71.0 Å². The molecule has 10 heteroatoms. The van der Waals surface area contributed by atoms with Crippen LogP contribution in [-0.2, 0) is 11.2 Å². The number of hydrogen-bond donors (Lipinski definition) is 1. The van der Waals surface area contributed by atoms with E-state index < -0.39 is 17.5 Å². The van der Waals surface area contributed by atoms with E-state index in [0.717, 1.165) is 51.1 Å². The second kappa shape index (κ2) is 11.2. The molecule has 2 aliphatic carbocycles. The third-order valence-electron chi connectivity index (χ3n) is 11.9. The molecule has 3 atom stereocenters. The van der Waals surface area contributed by atoms with Gasteiger partial charge in [-0.15, -0.1) is 0 Å². The molecule has 1 N–H and O–H groups in total. The molecule has 9 rings (SSSR count). The lowest BCUT2D eigenvalue weighted by molar-refractivity contribution is -0.151. The van der Waals surface area contributed by atoms with Gasteiger partial charge in [0, 0.05) is 49.4 Å². The number of nitrogens with zero attached hydrogens (tertiary/aromatic N) is 4. The van der Waals surface area contributed by atoms with Crippen molar-refractivity contribution in [3.63, 3.8) is 0 Å². The lowest BCUT2D eigenvalue weighted by Gasteiger charge is -2.48. The van der Waals surface area contributed by atoms with Gasteiger partial charge in [0.25, 0.3) is 0 Å². The molecule has 1 aromatic heterocycles. The normalized spacial score (nSPS) is 26.1. The minimum absolute atomic E-state index is 0.0333. The molecule has 3 saturated heterocycles. The highest BCUT2D eigenvalue weighted by Crippen LogP contribution is 2.50. The number of rotatable bonds is 8. The van der Waals surface area contributed by atoms with Gasteiger partial charge in [0.1, 0.15) is 28.7 Å². The predicted octanol–water partition coefficient (Wildman–Crippen LogP) is 7.54. The molecule has 2 bridgehead atoms. The monoisotopic (exact) mass is 658 g/mol. The zero-order valence-electron chi connectivity index (χ0n) is 27.3. The zero-order chi connectivity index (χ0) is 32.8. The number of phenolic OH excluding ortho intramolecular Hbond substituents is 1. The van der Waals surface area contributed by atoms with Crippen molar-refractivity contribution in [1.29, 1.82) is 0 Å². The molecule has 4 aromatic rings. The Bertz CT molecular complexity index is 1940. The summed E-state index contributed by atoms with van der Waals surface area (Å²) >= 11 is 0. The van der Waals surface area contributed by atoms with Crippen molar-refractivity contribution in [3.05, 3.63) is 53.3 Å². The van der Waals surface area contributed by atoms with E-state index in [4.69, 9.17) is 14.5 Å². The number of likely N-dealkylation sites (tertiary alicyclic amines) is 1. The number of aryl methyl sites for hydroxylation is 1. The van der Waals surface area contributed by atoms with Crippen LogP contribution in [0.4, 0.5) is 19.0 Å². The van der Waals surface area contributed by atoms with Gasteiger partial charge < -0.3 is 19.5 Å². The molecule has 1 spiro atoms. The first kappa shape index (κ1) is 30.4. The highest BCUT2D eigenvalue weighted by molar-refractivity contribution is 6.03. The van der Waals surface area contributed by atoms with Crippen LogP contribution >= 0.6 is 0 Å². The smallest absolute Gasteiger partial charge is 0.319 e. The number of ether oxygens (including phenoxy) is 2. The fourth-order valence-electron chi connectivity index (χ4n) is 9.14. The standard InChI is InChI=1S/C38H41F3N4O3/c1-2-26-29(39)7-5-23-15-25(46)16-27(31(23)26)32-30(40)17-28-34(33(32)41)42-36(43-35(28)44-12-3-8-38(20-44)11-13-48-38)47-21-37(9-10-37)19-45-18-22-4-6-24(45)14-22/h5,7,15-17,22,24,46H,2-4,6,8-14,18-21H2,1H3/t22-,24+,38?/m1/s1. The fraction of sp³-hybridized carbons (Fsp3) is 0.526. The summed E-state index contributed by atoms with van der Waals surface area (Å²) < 4.78 is 60.8. The molecule has 48 heavy (non-hydrogen) atoms. The Balaban J connectivity index is 1.15. The van der Waals surface area contributed by atoms with Crippen molar-refractivity contribution in [2.75, 3.05) is 44.3 Å². The first-order valence-corrected chi connectivity index (χ1v) is 17.6. The van der Waals surface area contributed by atoms with Crippen molar-refractivity contribution >= 4 is 27.5 Å². The average Bonchev–Trinajstić information content (AvgIpc) is 3.49. The van der Waals surface area contributed by atoms with Crippen LogP contribution in [0.25, 0.3) is 32.8 Å². The van der Waals surface area contributed by atoms with Crippen LogP contribution in [0.2, 0.25) is 0 Å². The first-order valence-electron chi connectivity index (χ1n) is 17.6. The number of halogens is 3. The minimum atomic E-state index is -0.891. The Kier molecular flexibility index (Phi) is 7.10. The van der Waals surface area contributed by atoms with Gasteiger partial charge in [0.05, 0.1) is 24.4 Å². The predicted molar refractivity (Wildman–Crippen MR) is 178 cm³/mol. The topological polar surface area (TPSA) is 71.0 Å². The number of anilines is 1. The molecule has 7 nitrogen and oxygen atoms in total. The largest absolute Gasteiger partial charge is 0.508 e. The van der Waals surface area contributed by atoms with Gasteiger partial charge >= 0.3 is 6.01 Å². The van der Waals surface area contributed by atoms with E-state index in [-0.39, 0.29) is 44.8 Å². The van der Waals surface area contributed by atoms with E-state index >= 15 is 13.2 Å². The second-order valence-corrected chi connectivity index (χ2v) is 15.1. The summed E-state index contributed by atoms with van der Waals surface area (Å²) in [7, 11) is 0. The number of aromatic nitrogens is 2. The second-order valence-electron chi connectivity index (χ2n) is 15.1. The molecule has 0 radical (unpaired) electrons. The maximum atomic E-state index is 17.0. The number of benzene rings is 3. The molecule has 0 amide bonds.